The summed E-state index contributed by atoms with van der Waals surface area (Å²) in [6.45, 7) is 2.33. The summed E-state index contributed by atoms with van der Waals surface area (Å²) in [5.74, 6) is 0.996. The first-order valence-electron chi connectivity index (χ1n) is 10.3. The molecule has 0 aromatic heterocycles. The van der Waals surface area contributed by atoms with Crippen LogP contribution in [0.4, 0.5) is 4.39 Å². The summed E-state index contributed by atoms with van der Waals surface area (Å²) in [7, 11) is 1.63. The molecule has 0 amide bonds. The molecule has 4 rings (SSSR count). The molecule has 6 heteroatoms. The van der Waals surface area contributed by atoms with Crippen molar-refractivity contribution in [3.8, 4) is 17.2 Å². The molecule has 3 aromatic carbocycles. The zero-order valence-corrected chi connectivity index (χ0v) is 17.5. The van der Waals surface area contributed by atoms with E-state index in [1.165, 1.54) is 12.1 Å². The van der Waals surface area contributed by atoms with Crippen molar-refractivity contribution in [3.63, 3.8) is 0 Å². The van der Waals surface area contributed by atoms with Crippen LogP contribution >= 0.6 is 0 Å². The molecule has 0 radical (unpaired) electrons. The Hall–Kier alpha value is -3.38. The predicted molar refractivity (Wildman–Crippen MR) is 118 cm³/mol. The zero-order valence-electron chi connectivity index (χ0n) is 17.5. The van der Waals surface area contributed by atoms with Gasteiger partial charge in [0, 0.05) is 23.7 Å². The lowest BCUT2D eigenvalue weighted by Crippen LogP contribution is -2.33. The Morgan fingerprint density at radius 2 is 1.87 bits per heavy atom. The van der Waals surface area contributed by atoms with Crippen LogP contribution in [-0.2, 0) is 0 Å². The summed E-state index contributed by atoms with van der Waals surface area (Å²) in [6.07, 6.45) is 0.100. The van der Waals surface area contributed by atoms with Gasteiger partial charge in [0.1, 0.15) is 17.7 Å². The van der Waals surface area contributed by atoms with Gasteiger partial charge in [-0.15, -0.1) is 0 Å². The van der Waals surface area contributed by atoms with Crippen molar-refractivity contribution in [3.05, 3.63) is 89.2 Å². The number of rotatable bonds is 6. The lowest BCUT2D eigenvalue weighted by Gasteiger charge is -2.31. The number of phenolic OH excluding ortho intramolecular Hbond substituents is 1. The maximum atomic E-state index is 13.9. The Labute approximate surface area is 181 Å². The van der Waals surface area contributed by atoms with Gasteiger partial charge in [-0.25, -0.2) is 4.39 Å². The van der Waals surface area contributed by atoms with Gasteiger partial charge in [0.05, 0.1) is 13.7 Å². The van der Waals surface area contributed by atoms with Crippen LogP contribution in [0.1, 0.15) is 42.2 Å². The highest BCUT2D eigenvalue weighted by Crippen LogP contribution is 2.39. The van der Waals surface area contributed by atoms with E-state index >= 15 is 0 Å². The van der Waals surface area contributed by atoms with Gasteiger partial charge in [-0.05, 0) is 60.5 Å². The second-order valence-corrected chi connectivity index (χ2v) is 7.31. The third-order valence-electron chi connectivity index (χ3n) is 5.33. The minimum absolute atomic E-state index is 0.107. The number of nitrogens with zero attached hydrogens (tertiary/aromatic N) is 1. The van der Waals surface area contributed by atoms with Crippen LogP contribution < -0.4 is 14.8 Å². The van der Waals surface area contributed by atoms with E-state index in [-0.39, 0.29) is 17.6 Å². The van der Waals surface area contributed by atoms with Gasteiger partial charge in [-0.1, -0.05) is 24.3 Å². The highest BCUT2D eigenvalue weighted by atomic mass is 19.1. The number of halogens is 1. The summed E-state index contributed by atoms with van der Waals surface area (Å²) >= 11 is 0. The lowest BCUT2D eigenvalue weighted by atomic mass is 9.93. The van der Waals surface area contributed by atoms with Gasteiger partial charge in [0.2, 0.25) is 0 Å². The summed E-state index contributed by atoms with van der Waals surface area (Å²) < 4.78 is 24.7. The van der Waals surface area contributed by atoms with Crippen LogP contribution in [0.25, 0.3) is 0 Å². The molecule has 1 heterocycles. The van der Waals surface area contributed by atoms with Crippen LogP contribution in [0, 0.1) is 5.82 Å². The second kappa shape index (κ2) is 9.18. The molecule has 0 saturated carbocycles. The zero-order chi connectivity index (χ0) is 21.8. The predicted octanol–water partition coefficient (Wildman–Crippen LogP) is 5.16. The lowest BCUT2D eigenvalue weighted by molar-refractivity contribution is 0.313. The summed E-state index contributed by atoms with van der Waals surface area (Å²) in [5, 5.41) is 14.3. The van der Waals surface area contributed by atoms with E-state index in [1.54, 1.807) is 19.2 Å². The molecule has 1 aliphatic rings. The standard InChI is InChI=1S/C25H25FN2O3/c1-3-31-23-9-5-8-20(24(23)29)22-15-21(16-10-12-19(30-2)13-11-16)27-25(28-22)17-6-4-7-18(26)14-17/h4-14,22,25,28-29H,3,15H2,1-2H3/t22-,25-/m0/s1. The van der Waals surface area contributed by atoms with Crippen LogP contribution in [0.15, 0.2) is 71.7 Å². The largest absolute Gasteiger partial charge is 0.504 e. The molecular formula is C25H25FN2O3. The summed E-state index contributed by atoms with van der Waals surface area (Å²) in [5.41, 5.74) is 3.25. The van der Waals surface area contributed by atoms with Crippen molar-refractivity contribution < 1.29 is 19.0 Å². The van der Waals surface area contributed by atoms with E-state index in [0.717, 1.165) is 22.6 Å². The molecule has 0 bridgehead atoms. The monoisotopic (exact) mass is 420 g/mol. The molecule has 1 aliphatic heterocycles. The number of methoxy groups -OCH3 is 1. The number of ether oxygens (including phenoxy) is 2. The molecule has 0 spiro atoms. The van der Waals surface area contributed by atoms with E-state index in [4.69, 9.17) is 14.5 Å². The van der Waals surface area contributed by atoms with Crippen molar-refractivity contribution in [2.75, 3.05) is 13.7 Å². The number of hydrogen-bond donors (Lipinski definition) is 2. The van der Waals surface area contributed by atoms with Gasteiger partial charge in [-0.3, -0.25) is 10.3 Å². The van der Waals surface area contributed by atoms with Gasteiger partial charge in [0.15, 0.2) is 11.5 Å². The normalized spacial score (nSPS) is 18.4. The first kappa shape index (κ1) is 20.9. The number of para-hydroxylation sites is 1. The van der Waals surface area contributed by atoms with Gasteiger partial charge >= 0.3 is 0 Å². The Kier molecular flexibility index (Phi) is 6.18. The first-order chi connectivity index (χ1) is 15.1. The van der Waals surface area contributed by atoms with Crippen molar-refractivity contribution in [2.45, 2.75) is 25.6 Å². The maximum Gasteiger partial charge on any atom is 0.162 e. The fraction of sp³-hybridized carbons (Fsp3) is 0.240. The average molecular weight is 420 g/mol. The summed E-state index contributed by atoms with van der Waals surface area (Å²) in [4.78, 5) is 4.87. The number of hydrogen-bond acceptors (Lipinski definition) is 5. The number of nitrogens with one attached hydrogen (secondary N) is 1. The molecule has 2 N–H and O–H groups in total. The molecule has 2 atom stereocenters. The minimum atomic E-state index is -0.457. The average Bonchev–Trinajstić information content (AvgIpc) is 2.80. The molecule has 0 unspecified atom stereocenters. The number of aliphatic imine (C=N–C) groups is 1. The Morgan fingerprint density at radius 3 is 2.58 bits per heavy atom. The SMILES string of the molecule is CCOc1cccc([C@@H]2CC(c3ccc(OC)cc3)=N[C@H](c3cccc(F)c3)N2)c1O. The highest BCUT2D eigenvalue weighted by molar-refractivity contribution is 6.01. The number of benzene rings is 3. The number of aromatic hydroxyl groups is 1. The molecule has 0 aliphatic carbocycles. The topological polar surface area (TPSA) is 63.1 Å². The quantitative estimate of drug-likeness (QED) is 0.578. The fourth-order valence-corrected chi connectivity index (χ4v) is 3.80. The van der Waals surface area contributed by atoms with Crippen molar-refractivity contribution in [1.29, 1.82) is 0 Å². The Bertz CT molecular complexity index is 1080. The maximum absolute atomic E-state index is 13.9. The summed E-state index contributed by atoms with van der Waals surface area (Å²) in [6, 6.07) is 19.3. The van der Waals surface area contributed by atoms with Crippen molar-refractivity contribution in [2.24, 2.45) is 4.99 Å². The van der Waals surface area contributed by atoms with Gasteiger partial charge in [0.25, 0.3) is 0 Å². The van der Waals surface area contributed by atoms with Crippen molar-refractivity contribution in [1.82, 2.24) is 5.32 Å². The third-order valence-corrected chi connectivity index (χ3v) is 5.33. The first-order valence-corrected chi connectivity index (χ1v) is 10.3. The number of phenols is 1. The minimum Gasteiger partial charge on any atom is -0.504 e. The molecule has 3 aromatic rings. The molecule has 160 valence electrons. The van der Waals surface area contributed by atoms with Crippen LogP contribution in [-0.4, -0.2) is 24.5 Å². The van der Waals surface area contributed by atoms with Crippen molar-refractivity contribution >= 4 is 5.71 Å². The second-order valence-electron chi connectivity index (χ2n) is 7.31. The Balaban J connectivity index is 1.74. The molecule has 5 nitrogen and oxygen atoms in total. The third kappa shape index (κ3) is 4.54. The van der Waals surface area contributed by atoms with E-state index < -0.39 is 6.17 Å². The van der Waals surface area contributed by atoms with Gasteiger partial charge in [-0.2, -0.15) is 0 Å². The molecular weight excluding hydrogens is 395 g/mol. The molecule has 0 saturated heterocycles. The van der Waals surface area contributed by atoms with E-state index in [2.05, 4.69) is 5.32 Å². The fourth-order valence-electron chi connectivity index (χ4n) is 3.80. The van der Waals surface area contributed by atoms with E-state index in [1.807, 2.05) is 49.4 Å². The smallest absolute Gasteiger partial charge is 0.162 e. The van der Waals surface area contributed by atoms with Crippen LogP contribution in [0.2, 0.25) is 0 Å². The van der Waals surface area contributed by atoms with Crippen LogP contribution in [0.5, 0.6) is 17.2 Å². The Morgan fingerprint density at radius 1 is 1.10 bits per heavy atom. The highest BCUT2D eigenvalue weighted by Gasteiger charge is 2.28. The van der Waals surface area contributed by atoms with Crippen LogP contribution in [0.3, 0.4) is 0 Å². The van der Waals surface area contributed by atoms with Gasteiger partial charge < -0.3 is 14.6 Å². The molecule has 31 heavy (non-hydrogen) atoms. The van der Waals surface area contributed by atoms with E-state index in [9.17, 15) is 9.50 Å². The van der Waals surface area contributed by atoms with E-state index in [0.29, 0.717) is 24.3 Å². The molecule has 0 fully saturated rings.